The minimum Gasteiger partial charge on any atom is -0.352 e. The Morgan fingerprint density at radius 3 is 2.17 bits per heavy atom. The first-order chi connectivity index (χ1) is 19.5. The zero-order chi connectivity index (χ0) is 29.6. The van der Waals surface area contributed by atoms with E-state index in [0.29, 0.717) is 12.1 Å². The molecule has 0 aliphatic heterocycles. The van der Waals surface area contributed by atoms with E-state index in [1.165, 1.54) is 0 Å². The summed E-state index contributed by atoms with van der Waals surface area (Å²) in [7, 11) is -3.80. The van der Waals surface area contributed by atoms with Gasteiger partial charge < -0.3 is 10.2 Å². The number of sulfonamides is 1. The van der Waals surface area contributed by atoms with Crippen molar-refractivity contribution in [2.75, 3.05) is 17.1 Å². The molecule has 41 heavy (non-hydrogen) atoms. The maximum atomic E-state index is 14.3. The molecule has 3 aromatic rings. The quantitative estimate of drug-likeness (QED) is 0.346. The monoisotopic (exact) mass is 575 g/mol. The van der Waals surface area contributed by atoms with E-state index in [0.717, 1.165) is 64.1 Å². The molecule has 0 radical (unpaired) electrons. The predicted molar refractivity (Wildman–Crippen MR) is 164 cm³/mol. The highest BCUT2D eigenvalue weighted by atomic mass is 32.2. The van der Waals surface area contributed by atoms with Gasteiger partial charge in [-0.1, -0.05) is 90.7 Å². The number of rotatable bonds is 11. The molecule has 2 amide bonds. The van der Waals surface area contributed by atoms with Crippen molar-refractivity contribution in [3.8, 4) is 0 Å². The van der Waals surface area contributed by atoms with Crippen molar-refractivity contribution in [1.29, 1.82) is 0 Å². The normalized spacial score (nSPS) is 14.4. The van der Waals surface area contributed by atoms with Gasteiger partial charge in [0.2, 0.25) is 21.8 Å². The average Bonchev–Trinajstić information content (AvgIpc) is 3.42. The summed E-state index contributed by atoms with van der Waals surface area (Å²) in [6, 6.07) is 22.2. The molecule has 0 spiro atoms. The van der Waals surface area contributed by atoms with Crippen molar-refractivity contribution in [2.24, 2.45) is 0 Å². The Kier molecular flexibility index (Phi) is 9.86. The molecule has 1 atom stereocenters. The van der Waals surface area contributed by atoms with E-state index in [4.69, 9.17) is 0 Å². The summed E-state index contributed by atoms with van der Waals surface area (Å²) in [4.78, 5) is 29.7. The van der Waals surface area contributed by atoms with Crippen molar-refractivity contribution < 1.29 is 18.0 Å². The Hall–Kier alpha value is -3.65. The fraction of sp³-hybridized carbons (Fsp3) is 0.394. The van der Waals surface area contributed by atoms with Gasteiger partial charge in [0, 0.05) is 19.0 Å². The van der Waals surface area contributed by atoms with Crippen molar-refractivity contribution in [3.05, 3.63) is 101 Å². The third-order valence-corrected chi connectivity index (χ3v) is 8.83. The van der Waals surface area contributed by atoms with Crippen LogP contribution in [0.5, 0.6) is 0 Å². The summed E-state index contributed by atoms with van der Waals surface area (Å²) in [5.74, 6) is -0.640. The molecule has 218 valence electrons. The van der Waals surface area contributed by atoms with Gasteiger partial charge >= 0.3 is 0 Å². The molecule has 0 bridgehead atoms. The van der Waals surface area contributed by atoms with Crippen LogP contribution in [0.4, 0.5) is 5.69 Å². The highest BCUT2D eigenvalue weighted by Gasteiger charge is 2.34. The lowest BCUT2D eigenvalue weighted by Gasteiger charge is -2.34. The van der Waals surface area contributed by atoms with E-state index in [9.17, 15) is 18.0 Å². The third-order valence-electron chi connectivity index (χ3n) is 7.71. The van der Waals surface area contributed by atoms with Crippen LogP contribution in [0.15, 0.2) is 72.8 Å². The van der Waals surface area contributed by atoms with E-state index in [2.05, 4.69) is 5.32 Å². The number of anilines is 1. The fourth-order valence-electron chi connectivity index (χ4n) is 5.61. The van der Waals surface area contributed by atoms with E-state index >= 15 is 0 Å². The Morgan fingerprint density at radius 1 is 0.878 bits per heavy atom. The molecule has 0 aromatic heterocycles. The Morgan fingerprint density at radius 2 is 1.54 bits per heavy atom. The van der Waals surface area contributed by atoms with Crippen LogP contribution in [0.1, 0.15) is 53.5 Å². The van der Waals surface area contributed by atoms with Gasteiger partial charge in [-0.2, -0.15) is 0 Å². The molecule has 1 fully saturated rings. The largest absolute Gasteiger partial charge is 0.352 e. The molecule has 1 aliphatic rings. The molecule has 4 rings (SSSR count). The predicted octanol–water partition coefficient (Wildman–Crippen LogP) is 5.08. The first-order valence-electron chi connectivity index (χ1n) is 14.3. The maximum absolute atomic E-state index is 14.3. The topological polar surface area (TPSA) is 86.8 Å². The molecule has 1 N–H and O–H groups in total. The van der Waals surface area contributed by atoms with Crippen LogP contribution in [0.3, 0.4) is 0 Å². The first-order valence-corrected chi connectivity index (χ1v) is 16.1. The number of aryl methyl sites for hydroxylation is 3. The smallest absolute Gasteiger partial charge is 0.244 e. The summed E-state index contributed by atoms with van der Waals surface area (Å²) in [6.45, 7) is 5.53. The summed E-state index contributed by atoms with van der Waals surface area (Å²) in [5.41, 5.74) is 5.06. The number of amides is 2. The highest BCUT2D eigenvalue weighted by molar-refractivity contribution is 7.92. The number of nitrogens with one attached hydrogen (secondary N) is 1. The summed E-state index contributed by atoms with van der Waals surface area (Å²) >= 11 is 0. The molecule has 1 aliphatic carbocycles. The minimum absolute atomic E-state index is 0.0828. The second kappa shape index (κ2) is 13.3. The SMILES string of the molecule is Cc1cccc(CN(C(=O)CN(c2ccc(C)cc2C)S(C)(=O)=O)[C@H](Cc2ccccc2)C(=O)NC2CCCC2)c1. The van der Waals surface area contributed by atoms with Crippen LogP contribution in [-0.4, -0.2) is 50.0 Å². The molecule has 3 aromatic carbocycles. The van der Waals surface area contributed by atoms with Gasteiger partial charge in [0.05, 0.1) is 11.9 Å². The van der Waals surface area contributed by atoms with E-state index in [1.54, 1.807) is 11.0 Å². The number of carbonyl (C=O) groups is 2. The van der Waals surface area contributed by atoms with Gasteiger partial charge in [0.15, 0.2) is 0 Å². The number of hydrogen-bond acceptors (Lipinski definition) is 4. The third kappa shape index (κ3) is 8.19. The van der Waals surface area contributed by atoms with E-state index in [-0.39, 0.29) is 18.5 Å². The molecular weight excluding hydrogens is 534 g/mol. The summed E-state index contributed by atoms with van der Waals surface area (Å²) in [6.07, 6.45) is 5.41. The molecule has 7 nitrogen and oxygen atoms in total. The molecular formula is C33H41N3O4S. The fourth-order valence-corrected chi connectivity index (χ4v) is 6.52. The zero-order valence-corrected chi connectivity index (χ0v) is 25.3. The highest BCUT2D eigenvalue weighted by Crippen LogP contribution is 2.25. The van der Waals surface area contributed by atoms with Crippen molar-refractivity contribution in [1.82, 2.24) is 10.2 Å². The number of hydrogen-bond donors (Lipinski definition) is 1. The maximum Gasteiger partial charge on any atom is 0.244 e. The standard InChI is InChI=1S/C33H41N3O4S/c1-24-11-10-14-28(20-24)22-35(32(37)23-36(41(4,39)40)30-18-17-25(2)19-26(30)3)31(21-27-12-6-5-7-13-27)33(38)34-29-15-8-9-16-29/h5-7,10-14,17-20,29,31H,8-9,15-16,21-23H2,1-4H3,(H,34,38)/t31-/m1/s1. The van der Waals surface area contributed by atoms with E-state index < -0.39 is 28.5 Å². The van der Waals surface area contributed by atoms with Gasteiger partial charge in [0.1, 0.15) is 12.6 Å². The van der Waals surface area contributed by atoms with Crippen molar-refractivity contribution in [3.63, 3.8) is 0 Å². The van der Waals surface area contributed by atoms with Crippen molar-refractivity contribution in [2.45, 2.75) is 71.5 Å². The van der Waals surface area contributed by atoms with Gasteiger partial charge in [-0.25, -0.2) is 8.42 Å². The lowest BCUT2D eigenvalue weighted by atomic mass is 10.0. The molecule has 0 saturated heterocycles. The van der Waals surface area contributed by atoms with Crippen LogP contribution in [0.25, 0.3) is 0 Å². The van der Waals surface area contributed by atoms with Crippen LogP contribution < -0.4 is 9.62 Å². The molecule has 0 heterocycles. The lowest BCUT2D eigenvalue weighted by molar-refractivity contribution is -0.140. The first kappa shape index (κ1) is 30.3. The van der Waals surface area contributed by atoms with Crippen LogP contribution in [0.2, 0.25) is 0 Å². The second-order valence-electron chi connectivity index (χ2n) is 11.3. The summed E-state index contributed by atoms with van der Waals surface area (Å²) < 4.78 is 27.2. The Bertz CT molecular complexity index is 1470. The van der Waals surface area contributed by atoms with Gasteiger partial charge in [-0.3, -0.25) is 13.9 Å². The molecule has 0 unspecified atom stereocenters. The summed E-state index contributed by atoms with van der Waals surface area (Å²) in [5, 5.41) is 3.20. The Labute approximate surface area is 244 Å². The zero-order valence-electron chi connectivity index (χ0n) is 24.5. The second-order valence-corrected chi connectivity index (χ2v) is 13.2. The number of carbonyl (C=O) groups excluding carboxylic acids is 2. The van der Waals surface area contributed by atoms with Gasteiger partial charge in [-0.05, 0) is 56.4 Å². The van der Waals surface area contributed by atoms with Gasteiger partial charge in [-0.15, -0.1) is 0 Å². The van der Waals surface area contributed by atoms with E-state index in [1.807, 2.05) is 87.5 Å². The lowest BCUT2D eigenvalue weighted by Crippen LogP contribution is -2.54. The molecule has 1 saturated carbocycles. The van der Waals surface area contributed by atoms with Crippen LogP contribution in [0, 0.1) is 20.8 Å². The van der Waals surface area contributed by atoms with Gasteiger partial charge in [0.25, 0.3) is 0 Å². The number of nitrogens with zero attached hydrogens (tertiary/aromatic N) is 2. The number of benzene rings is 3. The average molecular weight is 576 g/mol. The van der Waals surface area contributed by atoms with Crippen LogP contribution >= 0.6 is 0 Å². The Balaban J connectivity index is 1.74. The minimum atomic E-state index is -3.80. The van der Waals surface area contributed by atoms with Crippen LogP contribution in [-0.2, 0) is 32.6 Å². The van der Waals surface area contributed by atoms with Crippen molar-refractivity contribution >= 4 is 27.5 Å². The molecule has 8 heteroatoms.